The van der Waals surface area contributed by atoms with Crippen LogP contribution >= 0.6 is 0 Å². The van der Waals surface area contributed by atoms with E-state index in [1.807, 2.05) is 13.8 Å². The standard InChI is InChI=1S/C20H26N2O/c1-14-7-6-8-18(11-14)12-22(5)13-19(23)21-20-16(3)9-15(2)10-17(20)4/h6-11H,12-13H2,1-5H3,(H,21,23)/p+1. The fraction of sp³-hybridized carbons (Fsp3) is 0.350. The average Bonchev–Trinajstić information content (AvgIpc) is 2.42. The molecule has 3 nitrogen and oxygen atoms in total. The van der Waals surface area contributed by atoms with Crippen LogP contribution in [0.15, 0.2) is 36.4 Å². The third-order valence-corrected chi connectivity index (χ3v) is 3.99. The number of anilines is 1. The Morgan fingerprint density at radius 3 is 2.26 bits per heavy atom. The lowest BCUT2D eigenvalue weighted by Crippen LogP contribution is -3.08. The molecule has 3 heteroatoms. The van der Waals surface area contributed by atoms with Gasteiger partial charge in [0.25, 0.3) is 5.91 Å². The Balaban J connectivity index is 1.97. The quantitative estimate of drug-likeness (QED) is 0.874. The van der Waals surface area contributed by atoms with Crippen molar-refractivity contribution in [2.45, 2.75) is 34.2 Å². The second-order valence-electron chi connectivity index (χ2n) is 6.62. The number of nitrogens with one attached hydrogen (secondary N) is 2. The molecule has 0 aliphatic rings. The van der Waals surface area contributed by atoms with Crippen LogP contribution in [0.3, 0.4) is 0 Å². The van der Waals surface area contributed by atoms with E-state index in [1.165, 1.54) is 21.6 Å². The summed E-state index contributed by atoms with van der Waals surface area (Å²) in [6.45, 7) is 9.55. The number of hydrogen-bond acceptors (Lipinski definition) is 1. The molecular weight excluding hydrogens is 284 g/mol. The normalized spacial score (nSPS) is 12.0. The lowest BCUT2D eigenvalue weighted by Gasteiger charge is -2.16. The molecule has 0 aromatic heterocycles. The molecule has 0 aliphatic carbocycles. The van der Waals surface area contributed by atoms with E-state index in [2.05, 4.69) is 62.6 Å². The van der Waals surface area contributed by atoms with Gasteiger partial charge in [-0.3, -0.25) is 4.79 Å². The summed E-state index contributed by atoms with van der Waals surface area (Å²) >= 11 is 0. The smallest absolute Gasteiger partial charge is 0.279 e. The number of amides is 1. The molecule has 1 unspecified atom stereocenters. The van der Waals surface area contributed by atoms with Crippen LogP contribution in [0.5, 0.6) is 0 Å². The van der Waals surface area contributed by atoms with Gasteiger partial charge in [0, 0.05) is 11.3 Å². The third-order valence-electron chi connectivity index (χ3n) is 3.99. The van der Waals surface area contributed by atoms with Crippen LogP contribution in [-0.4, -0.2) is 19.5 Å². The van der Waals surface area contributed by atoms with Gasteiger partial charge in [0.2, 0.25) is 0 Å². The van der Waals surface area contributed by atoms with E-state index >= 15 is 0 Å². The van der Waals surface area contributed by atoms with Gasteiger partial charge < -0.3 is 10.2 Å². The van der Waals surface area contributed by atoms with Gasteiger partial charge in [0.15, 0.2) is 6.54 Å². The van der Waals surface area contributed by atoms with Gasteiger partial charge in [0.1, 0.15) is 6.54 Å². The van der Waals surface area contributed by atoms with Gasteiger partial charge in [-0.1, -0.05) is 47.5 Å². The Kier molecular flexibility index (Phi) is 5.56. The highest BCUT2D eigenvalue weighted by molar-refractivity contribution is 5.93. The molecule has 2 rings (SSSR count). The number of quaternary nitrogens is 1. The molecule has 1 atom stereocenters. The minimum atomic E-state index is 0.0604. The van der Waals surface area contributed by atoms with Crippen molar-refractivity contribution in [3.8, 4) is 0 Å². The van der Waals surface area contributed by atoms with Crippen LogP contribution in [0, 0.1) is 27.7 Å². The lowest BCUT2D eigenvalue weighted by atomic mass is 10.1. The van der Waals surface area contributed by atoms with Crippen LogP contribution in [0.4, 0.5) is 5.69 Å². The largest absolute Gasteiger partial charge is 0.326 e. The molecule has 0 saturated heterocycles. The van der Waals surface area contributed by atoms with Crippen LogP contribution in [0.25, 0.3) is 0 Å². The Labute approximate surface area is 139 Å². The maximum Gasteiger partial charge on any atom is 0.279 e. The second-order valence-corrected chi connectivity index (χ2v) is 6.62. The lowest BCUT2D eigenvalue weighted by molar-refractivity contribution is -0.885. The molecule has 0 spiro atoms. The summed E-state index contributed by atoms with van der Waals surface area (Å²) in [6, 6.07) is 12.7. The van der Waals surface area contributed by atoms with Gasteiger partial charge in [0.05, 0.1) is 7.05 Å². The molecule has 0 saturated carbocycles. The van der Waals surface area contributed by atoms with Gasteiger partial charge in [-0.2, -0.15) is 0 Å². The first kappa shape index (κ1) is 17.2. The van der Waals surface area contributed by atoms with Crippen molar-refractivity contribution < 1.29 is 9.69 Å². The molecule has 0 fully saturated rings. The summed E-state index contributed by atoms with van der Waals surface area (Å²) < 4.78 is 0. The van der Waals surface area contributed by atoms with E-state index in [1.54, 1.807) is 0 Å². The van der Waals surface area contributed by atoms with Crippen molar-refractivity contribution in [3.63, 3.8) is 0 Å². The Hall–Kier alpha value is -2.13. The molecule has 1 amide bonds. The third kappa shape index (κ3) is 4.93. The van der Waals surface area contributed by atoms with E-state index in [4.69, 9.17) is 0 Å². The van der Waals surface area contributed by atoms with Crippen molar-refractivity contribution in [1.29, 1.82) is 0 Å². The van der Waals surface area contributed by atoms with Crippen LogP contribution in [-0.2, 0) is 11.3 Å². The summed E-state index contributed by atoms with van der Waals surface area (Å²) in [5, 5.41) is 3.07. The number of rotatable bonds is 5. The first-order valence-electron chi connectivity index (χ1n) is 8.09. The molecule has 23 heavy (non-hydrogen) atoms. The Bertz CT molecular complexity index is 684. The highest BCUT2D eigenvalue weighted by Gasteiger charge is 2.13. The van der Waals surface area contributed by atoms with Crippen LogP contribution in [0.2, 0.25) is 0 Å². The van der Waals surface area contributed by atoms with Crippen molar-refractivity contribution in [2.75, 3.05) is 18.9 Å². The number of carbonyl (C=O) groups is 1. The number of benzene rings is 2. The first-order valence-corrected chi connectivity index (χ1v) is 8.09. The summed E-state index contributed by atoms with van der Waals surface area (Å²) in [6.07, 6.45) is 0. The van der Waals surface area contributed by atoms with E-state index in [0.717, 1.165) is 23.4 Å². The van der Waals surface area contributed by atoms with Crippen molar-refractivity contribution in [3.05, 3.63) is 64.2 Å². The highest BCUT2D eigenvalue weighted by atomic mass is 16.2. The first-order chi connectivity index (χ1) is 10.8. The van der Waals surface area contributed by atoms with Crippen LogP contribution < -0.4 is 10.2 Å². The zero-order valence-electron chi connectivity index (χ0n) is 14.8. The average molecular weight is 311 g/mol. The molecule has 2 aromatic carbocycles. The summed E-state index contributed by atoms with van der Waals surface area (Å²) in [4.78, 5) is 13.5. The summed E-state index contributed by atoms with van der Waals surface area (Å²) in [7, 11) is 2.05. The molecule has 0 heterocycles. The number of likely N-dealkylation sites (N-methyl/N-ethyl adjacent to an activating group) is 1. The maximum absolute atomic E-state index is 12.3. The zero-order valence-corrected chi connectivity index (χ0v) is 14.8. The molecule has 2 N–H and O–H groups in total. The Morgan fingerprint density at radius 1 is 1.00 bits per heavy atom. The van der Waals surface area contributed by atoms with Gasteiger partial charge >= 0.3 is 0 Å². The fourth-order valence-corrected chi connectivity index (χ4v) is 3.07. The maximum atomic E-state index is 12.3. The van der Waals surface area contributed by atoms with E-state index < -0.39 is 0 Å². The molecule has 0 radical (unpaired) electrons. The topological polar surface area (TPSA) is 33.5 Å². The van der Waals surface area contributed by atoms with E-state index in [-0.39, 0.29) is 5.91 Å². The van der Waals surface area contributed by atoms with Crippen molar-refractivity contribution in [2.24, 2.45) is 0 Å². The van der Waals surface area contributed by atoms with Crippen molar-refractivity contribution in [1.82, 2.24) is 0 Å². The highest BCUT2D eigenvalue weighted by Crippen LogP contribution is 2.21. The van der Waals surface area contributed by atoms with E-state index in [0.29, 0.717) is 6.54 Å². The zero-order chi connectivity index (χ0) is 17.0. The predicted molar refractivity (Wildman–Crippen MR) is 95.9 cm³/mol. The minimum absolute atomic E-state index is 0.0604. The summed E-state index contributed by atoms with van der Waals surface area (Å²) in [5.74, 6) is 0.0604. The van der Waals surface area contributed by atoms with E-state index in [9.17, 15) is 4.79 Å². The molecule has 122 valence electrons. The predicted octanol–water partition coefficient (Wildman–Crippen LogP) is 2.57. The fourth-order valence-electron chi connectivity index (χ4n) is 3.07. The molecular formula is C20H27N2O+. The molecule has 2 aromatic rings. The van der Waals surface area contributed by atoms with Crippen molar-refractivity contribution >= 4 is 11.6 Å². The molecule has 0 aliphatic heterocycles. The second kappa shape index (κ2) is 7.42. The summed E-state index contributed by atoms with van der Waals surface area (Å²) in [5.41, 5.74) is 6.92. The number of carbonyl (C=O) groups excluding carboxylic acids is 1. The number of aryl methyl sites for hydroxylation is 4. The van der Waals surface area contributed by atoms with Gasteiger partial charge in [-0.05, 0) is 38.8 Å². The van der Waals surface area contributed by atoms with Crippen LogP contribution in [0.1, 0.15) is 27.8 Å². The monoisotopic (exact) mass is 311 g/mol. The minimum Gasteiger partial charge on any atom is -0.326 e. The SMILES string of the molecule is Cc1cccc(C[NH+](C)CC(=O)Nc2c(C)cc(C)cc2C)c1. The Morgan fingerprint density at radius 2 is 1.65 bits per heavy atom. The number of hydrogen-bond donors (Lipinski definition) is 2. The van der Waals surface area contributed by atoms with Gasteiger partial charge in [-0.25, -0.2) is 0 Å². The van der Waals surface area contributed by atoms with Gasteiger partial charge in [-0.15, -0.1) is 0 Å². The molecule has 0 bridgehead atoms.